The standard InChI is InChI=1S/C11H13NO3S/c1-16(14,15)12-10-4-2-3-9(7-10)11(13)8-5-6-8/h2-4,7-8,12H,5-6H2,1H3. The summed E-state index contributed by atoms with van der Waals surface area (Å²) in [5.41, 5.74) is 1.02. The van der Waals surface area contributed by atoms with Gasteiger partial charge in [-0.1, -0.05) is 12.1 Å². The van der Waals surface area contributed by atoms with Gasteiger partial charge in [-0.05, 0) is 25.0 Å². The van der Waals surface area contributed by atoms with E-state index in [1.165, 1.54) is 0 Å². The maximum atomic E-state index is 11.7. The number of Topliss-reactive ketones (excluding diaryl/α,β-unsaturated/α-hetero) is 1. The lowest BCUT2D eigenvalue weighted by molar-refractivity contribution is 0.0967. The monoisotopic (exact) mass is 239 g/mol. The number of rotatable bonds is 4. The first kappa shape index (κ1) is 11.1. The van der Waals surface area contributed by atoms with Gasteiger partial charge < -0.3 is 0 Å². The van der Waals surface area contributed by atoms with Crippen molar-refractivity contribution in [3.8, 4) is 0 Å². The first-order valence-corrected chi connectivity index (χ1v) is 6.97. The number of benzene rings is 1. The minimum absolute atomic E-state index is 0.108. The molecule has 1 aliphatic carbocycles. The highest BCUT2D eigenvalue weighted by Gasteiger charge is 2.30. The van der Waals surface area contributed by atoms with Gasteiger partial charge >= 0.3 is 0 Å². The third-order valence-corrected chi connectivity index (χ3v) is 3.00. The minimum Gasteiger partial charge on any atom is -0.294 e. The summed E-state index contributed by atoms with van der Waals surface area (Å²) in [7, 11) is -3.29. The van der Waals surface area contributed by atoms with Gasteiger partial charge in [0.15, 0.2) is 5.78 Å². The lowest BCUT2D eigenvalue weighted by Crippen LogP contribution is -2.10. The zero-order valence-electron chi connectivity index (χ0n) is 8.93. The highest BCUT2D eigenvalue weighted by Crippen LogP contribution is 2.33. The van der Waals surface area contributed by atoms with E-state index in [0.29, 0.717) is 11.3 Å². The minimum atomic E-state index is -3.29. The van der Waals surface area contributed by atoms with E-state index in [1.807, 2.05) is 0 Å². The first-order valence-electron chi connectivity index (χ1n) is 5.08. The predicted molar refractivity (Wildman–Crippen MR) is 62.0 cm³/mol. The molecule has 1 aliphatic rings. The lowest BCUT2D eigenvalue weighted by atomic mass is 10.1. The topological polar surface area (TPSA) is 63.2 Å². The van der Waals surface area contributed by atoms with Crippen molar-refractivity contribution in [2.45, 2.75) is 12.8 Å². The zero-order chi connectivity index (χ0) is 11.8. The average molecular weight is 239 g/mol. The third kappa shape index (κ3) is 2.82. The number of sulfonamides is 1. The van der Waals surface area contributed by atoms with Crippen LogP contribution in [0, 0.1) is 5.92 Å². The molecule has 1 saturated carbocycles. The number of ketones is 1. The average Bonchev–Trinajstić information content (AvgIpc) is 2.97. The molecule has 1 aromatic carbocycles. The van der Waals surface area contributed by atoms with Gasteiger partial charge in [0.1, 0.15) is 0 Å². The van der Waals surface area contributed by atoms with Crippen LogP contribution in [0.5, 0.6) is 0 Å². The van der Waals surface area contributed by atoms with Crippen molar-refractivity contribution >= 4 is 21.5 Å². The van der Waals surface area contributed by atoms with Gasteiger partial charge in [-0.25, -0.2) is 8.42 Å². The van der Waals surface area contributed by atoms with Gasteiger partial charge in [0.2, 0.25) is 10.0 Å². The fourth-order valence-corrected chi connectivity index (χ4v) is 2.09. The number of hydrogen-bond donors (Lipinski definition) is 1. The van der Waals surface area contributed by atoms with Gasteiger partial charge in [0.25, 0.3) is 0 Å². The molecule has 1 N–H and O–H groups in total. The van der Waals surface area contributed by atoms with Crippen molar-refractivity contribution in [1.29, 1.82) is 0 Å². The van der Waals surface area contributed by atoms with Gasteiger partial charge in [-0.15, -0.1) is 0 Å². The molecule has 0 saturated heterocycles. The molecule has 0 amide bonds. The van der Waals surface area contributed by atoms with Crippen molar-refractivity contribution in [1.82, 2.24) is 0 Å². The number of carbonyl (C=O) groups is 1. The van der Waals surface area contributed by atoms with E-state index < -0.39 is 10.0 Å². The van der Waals surface area contributed by atoms with Gasteiger partial charge in [0.05, 0.1) is 6.26 Å². The Morgan fingerprint density at radius 2 is 2.06 bits per heavy atom. The predicted octanol–water partition coefficient (Wildman–Crippen LogP) is 1.65. The van der Waals surface area contributed by atoms with Gasteiger partial charge in [-0.2, -0.15) is 0 Å². The Labute approximate surface area is 94.7 Å². The summed E-state index contributed by atoms with van der Waals surface area (Å²) in [6, 6.07) is 6.61. The van der Waals surface area contributed by atoms with Crippen LogP contribution >= 0.6 is 0 Å². The van der Waals surface area contributed by atoms with Crippen LogP contribution in [-0.4, -0.2) is 20.5 Å². The maximum Gasteiger partial charge on any atom is 0.229 e. The van der Waals surface area contributed by atoms with Crippen molar-refractivity contribution in [3.63, 3.8) is 0 Å². The van der Waals surface area contributed by atoms with Crippen molar-refractivity contribution < 1.29 is 13.2 Å². The van der Waals surface area contributed by atoms with Crippen LogP contribution in [0.25, 0.3) is 0 Å². The molecule has 0 radical (unpaired) electrons. The van der Waals surface area contributed by atoms with E-state index in [4.69, 9.17) is 0 Å². The van der Waals surface area contributed by atoms with Crippen LogP contribution in [0.1, 0.15) is 23.2 Å². The van der Waals surface area contributed by atoms with Crippen LogP contribution in [0.15, 0.2) is 24.3 Å². The lowest BCUT2D eigenvalue weighted by Gasteiger charge is -2.05. The molecule has 1 fully saturated rings. The molecule has 0 bridgehead atoms. The quantitative estimate of drug-likeness (QED) is 0.812. The summed E-state index contributed by atoms with van der Waals surface area (Å²) in [4.78, 5) is 11.7. The molecule has 0 aliphatic heterocycles. The summed E-state index contributed by atoms with van der Waals surface area (Å²) >= 11 is 0. The Bertz CT molecular complexity index is 518. The Morgan fingerprint density at radius 1 is 1.38 bits per heavy atom. The number of carbonyl (C=O) groups excluding carboxylic acids is 1. The van der Waals surface area contributed by atoms with Crippen LogP contribution in [-0.2, 0) is 10.0 Å². The Hall–Kier alpha value is -1.36. The third-order valence-electron chi connectivity index (χ3n) is 2.40. The highest BCUT2D eigenvalue weighted by molar-refractivity contribution is 7.92. The van der Waals surface area contributed by atoms with Crippen molar-refractivity contribution in [2.75, 3.05) is 11.0 Å². The number of hydrogen-bond acceptors (Lipinski definition) is 3. The second-order valence-corrected chi connectivity index (χ2v) is 5.84. The molecule has 16 heavy (non-hydrogen) atoms. The molecule has 0 spiro atoms. The Balaban J connectivity index is 2.22. The molecule has 1 aromatic rings. The van der Waals surface area contributed by atoms with E-state index >= 15 is 0 Å². The van der Waals surface area contributed by atoms with E-state index in [2.05, 4.69) is 4.72 Å². The number of nitrogens with one attached hydrogen (secondary N) is 1. The van der Waals surface area contributed by atoms with E-state index in [1.54, 1.807) is 24.3 Å². The van der Waals surface area contributed by atoms with Crippen LogP contribution in [0.2, 0.25) is 0 Å². The molecular weight excluding hydrogens is 226 g/mol. The van der Waals surface area contributed by atoms with E-state index in [-0.39, 0.29) is 11.7 Å². The van der Waals surface area contributed by atoms with Crippen LogP contribution in [0.4, 0.5) is 5.69 Å². The summed E-state index contributed by atoms with van der Waals surface area (Å²) in [5.74, 6) is 0.255. The summed E-state index contributed by atoms with van der Waals surface area (Å²) in [6.07, 6.45) is 2.98. The fraction of sp³-hybridized carbons (Fsp3) is 0.364. The SMILES string of the molecule is CS(=O)(=O)Nc1cccc(C(=O)C2CC2)c1. The summed E-state index contributed by atoms with van der Waals surface area (Å²) < 4.78 is 24.4. The second-order valence-electron chi connectivity index (χ2n) is 4.09. The second kappa shape index (κ2) is 3.90. The maximum absolute atomic E-state index is 11.7. The summed E-state index contributed by atoms with van der Waals surface area (Å²) in [6.45, 7) is 0. The molecule has 0 unspecified atom stereocenters. The van der Waals surface area contributed by atoms with Crippen LogP contribution < -0.4 is 4.72 Å². The molecule has 86 valence electrons. The normalized spacial score (nSPS) is 15.8. The van der Waals surface area contributed by atoms with Gasteiger partial charge in [-0.3, -0.25) is 9.52 Å². The largest absolute Gasteiger partial charge is 0.294 e. The highest BCUT2D eigenvalue weighted by atomic mass is 32.2. The molecular formula is C11H13NO3S. The van der Waals surface area contributed by atoms with E-state index in [9.17, 15) is 13.2 Å². The molecule has 2 rings (SSSR count). The van der Waals surface area contributed by atoms with E-state index in [0.717, 1.165) is 19.1 Å². The molecule has 0 aromatic heterocycles. The molecule has 0 atom stereocenters. The fourth-order valence-electron chi connectivity index (χ4n) is 1.53. The molecule has 0 heterocycles. The van der Waals surface area contributed by atoms with Crippen molar-refractivity contribution in [3.05, 3.63) is 29.8 Å². The number of anilines is 1. The zero-order valence-corrected chi connectivity index (χ0v) is 9.75. The van der Waals surface area contributed by atoms with Crippen molar-refractivity contribution in [2.24, 2.45) is 5.92 Å². The Morgan fingerprint density at radius 3 is 2.62 bits per heavy atom. The molecule has 5 heteroatoms. The smallest absolute Gasteiger partial charge is 0.229 e. The van der Waals surface area contributed by atoms with Gasteiger partial charge in [0, 0.05) is 17.2 Å². The van der Waals surface area contributed by atoms with Crippen LogP contribution in [0.3, 0.4) is 0 Å². The first-order chi connectivity index (χ1) is 7.46. The summed E-state index contributed by atoms with van der Waals surface area (Å²) in [5, 5.41) is 0. The molecule has 4 nitrogen and oxygen atoms in total. The Kier molecular flexibility index (Phi) is 2.71.